The van der Waals surface area contributed by atoms with E-state index in [1.807, 2.05) is 0 Å². The number of thiophene rings is 1. The number of rotatable bonds is 2. The van der Waals surface area contributed by atoms with Crippen LogP contribution in [0.4, 0.5) is 0 Å². The Kier molecular flexibility index (Phi) is 3.04. The van der Waals surface area contributed by atoms with Crippen LogP contribution in [0.25, 0.3) is 10.1 Å². The average Bonchev–Trinajstić information content (AvgIpc) is 2.72. The SMILES string of the molecule is COC(=O)c1cc2ccc(C(=O)O)c(Cl)c2s1. The van der Waals surface area contributed by atoms with Crippen molar-refractivity contribution in [2.75, 3.05) is 7.11 Å². The topological polar surface area (TPSA) is 63.6 Å². The fourth-order valence-corrected chi connectivity index (χ4v) is 2.82. The largest absolute Gasteiger partial charge is 0.478 e. The van der Waals surface area contributed by atoms with E-state index in [4.69, 9.17) is 16.7 Å². The Bertz CT molecular complexity index is 617. The van der Waals surface area contributed by atoms with Gasteiger partial charge in [-0.05, 0) is 17.5 Å². The van der Waals surface area contributed by atoms with E-state index in [2.05, 4.69) is 4.74 Å². The van der Waals surface area contributed by atoms with Crippen LogP contribution >= 0.6 is 22.9 Å². The van der Waals surface area contributed by atoms with Gasteiger partial charge in [0.2, 0.25) is 0 Å². The first kappa shape index (κ1) is 11.9. The Morgan fingerprint density at radius 2 is 2.12 bits per heavy atom. The van der Waals surface area contributed by atoms with E-state index in [0.29, 0.717) is 9.58 Å². The van der Waals surface area contributed by atoms with Crippen molar-refractivity contribution in [1.29, 1.82) is 0 Å². The Labute approximate surface area is 105 Å². The third-order valence-corrected chi connectivity index (χ3v) is 3.90. The molecule has 0 aliphatic carbocycles. The van der Waals surface area contributed by atoms with Gasteiger partial charge in [-0.1, -0.05) is 17.7 Å². The van der Waals surface area contributed by atoms with Gasteiger partial charge in [0, 0.05) is 0 Å². The number of carbonyl (C=O) groups is 2. The molecule has 0 atom stereocenters. The zero-order chi connectivity index (χ0) is 12.6. The average molecular weight is 271 g/mol. The fraction of sp³-hybridized carbons (Fsp3) is 0.0909. The minimum absolute atomic E-state index is 0.0254. The lowest BCUT2D eigenvalue weighted by molar-refractivity contribution is 0.0605. The highest BCUT2D eigenvalue weighted by Crippen LogP contribution is 2.34. The van der Waals surface area contributed by atoms with Gasteiger partial charge < -0.3 is 9.84 Å². The lowest BCUT2D eigenvalue weighted by atomic mass is 10.2. The molecule has 1 aromatic heterocycles. The van der Waals surface area contributed by atoms with Gasteiger partial charge in [-0.2, -0.15) is 0 Å². The van der Waals surface area contributed by atoms with E-state index in [9.17, 15) is 9.59 Å². The lowest BCUT2D eigenvalue weighted by Crippen LogP contribution is -1.96. The molecule has 0 amide bonds. The molecule has 0 radical (unpaired) electrons. The van der Waals surface area contributed by atoms with Gasteiger partial charge in [0.25, 0.3) is 0 Å². The van der Waals surface area contributed by atoms with Gasteiger partial charge in [-0.15, -0.1) is 11.3 Å². The highest BCUT2D eigenvalue weighted by Gasteiger charge is 2.16. The Morgan fingerprint density at radius 3 is 2.71 bits per heavy atom. The minimum atomic E-state index is -1.09. The van der Waals surface area contributed by atoms with Crippen LogP contribution in [0.3, 0.4) is 0 Å². The van der Waals surface area contributed by atoms with Crippen molar-refractivity contribution in [2.45, 2.75) is 0 Å². The van der Waals surface area contributed by atoms with Gasteiger partial charge in [-0.25, -0.2) is 9.59 Å². The Hall–Kier alpha value is -1.59. The van der Waals surface area contributed by atoms with E-state index in [1.165, 1.54) is 13.2 Å². The van der Waals surface area contributed by atoms with Gasteiger partial charge in [0.1, 0.15) is 4.88 Å². The van der Waals surface area contributed by atoms with Crippen molar-refractivity contribution < 1.29 is 19.4 Å². The monoisotopic (exact) mass is 270 g/mol. The van der Waals surface area contributed by atoms with Crippen LogP contribution in [0.15, 0.2) is 18.2 Å². The first-order chi connectivity index (χ1) is 8.04. The second-order valence-electron chi connectivity index (χ2n) is 3.25. The van der Waals surface area contributed by atoms with Crippen LogP contribution < -0.4 is 0 Å². The number of aromatic carboxylic acids is 1. The maximum Gasteiger partial charge on any atom is 0.348 e. The molecule has 6 heteroatoms. The second-order valence-corrected chi connectivity index (χ2v) is 4.68. The molecule has 0 spiro atoms. The molecule has 0 bridgehead atoms. The molecule has 0 saturated carbocycles. The van der Waals surface area contributed by atoms with Crippen molar-refractivity contribution in [1.82, 2.24) is 0 Å². The molecule has 0 unspecified atom stereocenters. The number of fused-ring (bicyclic) bond motifs is 1. The van der Waals surface area contributed by atoms with E-state index in [0.717, 1.165) is 16.7 Å². The second kappa shape index (κ2) is 4.35. The lowest BCUT2D eigenvalue weighted by Gasteiger charge is -1.98. The normalized spacial score (nSPS) is 10.5. The van der Waals surface area contributed by atoms with E-state index in [-0.39, 0.29) is 10.6 Å². The smallest absolute Gasteiger partial charge is 0.348 e. The predicted octanol–water partition coefficient (Wildman–Crippen LogP) is 3.04. The molecule has 2 rings (SSSR count). The van der Waals surface area contributed by atoms with Gasteiger partial charge >= 0.3 is 11.9 Å². The van der Waals surface area contributed by atoms with E-state index in [1.54, 1.807) is 12.1 Å². The summed E-state index contributed by atoms with van der Waals surface area (Å²) >= 11 is 7.09. The van der Waals surface area contributed by atoms with Crippen molar-refractivity contribution >= 4 is 45.0 Å². The molecule has 0 fully saturated rings. The van der Waals surface area contributed by atoms with Crippen LogP contribution in [0.5, 0.6) is 0 Å². The molecule has 1 N–H and O–H groups in total. The minimum Gasteiger partial charge on any atom is -0.478 e. The maximum absolute atomic E-state index is 11.3. The van der Waals surface area contributed by atoms with Crippen LogP contribution in [0.1, 0.15) is 20.0 Å². The fourth-order valence-electron chi connectivity index (χ4n) is 1.44. The molecule has 0 saturated heterocycles. The summed E-state index contributed by atoms with van der Waals surface area (Å²) in [7, 11) is 1.29. The number of carboxylic acids is 1. The number of methoxy groups -OCH3 is 1. The zero-order valence-electron chi connectivity index (χ0n) is 8.69. The maximum atomic E-state index is 11.3. The zero-order valence-corrected chi connectivity index (χ0v) is 10.3. The van der Waals surface area contributed by atoms with Gasteiger partial charge in [0.15, 0.2) is 0 Å². The number of benzene rings is 1. The summed E-state index contributed by atoms with van der Waals surface area (Å²) in [6, 6.07) is 4.66. The van der Waals surface area contributed by atoms with Crippen LogP contribution in [-0.4, -0.2) is 24.2 Å². The third-order valence-electron chi connectivity index (χ3n) is 2.24. The van der Waals surface area contributed by atoms with Crippen molar-refractivity contribution in [3.8, 4) is 0 Å². The van der Waals surface area contributed by atoms with E-state index >= 15 is 0 Å². The van der Waals surface area contributed by atoms with Crippen molar-refractivity contribution in [3.05, 3.63) is 33.7 Å². The number of ether oxygens (including phenoxy) is 1. The van der Waals surface area contributed by atoms with E-state index < -0.39 is 11.9 Å². The molecule has 17 heavy (non-hydrogen) atoms. The predicted molar refractivity (Wildman–Crippen MR) is 65.1 cm³/mol. The van der Waals surface area contributed by atoms with Crippen LogP contribution in [-0.2, 0) is 4.74 Å². The van der Waals surface area contributed by atoms with Gasteiger partial charge in [0.05, 0.1) is 22.4 Å². The number of hydrogen-bond acceptors (Lipinski definition) is 4. The molecule has 0 aliphatic heterocycles. The van der Waals surface area contributed by atoms with Crippen LogP contribution in [0.2, 0.25) is 5.02 Å². The first-order valence-corrected chi connectivity index (χ1v) is 5.77. The first-order valence-electron chi connectivity index (χ1n) is 4.58. The van der Waals surface area contributed by atoms with Crippen molar-refractivity contribution in [3.63, 3.8) is 0 Å². The summed E-state index contributed by atoms with van der Waals surface area (Å²) in [5.74, 6) is -1.55. The van der Waals surface area contributed by atoms with Crippen LogP contribution in [0, 0.1) is 0 Å². The number of hydrogen-bond donors (Lipinski definition) is 1. The number of halogens is 1. The summed E-state index contributed by atoms with van der Waals surface area (Å²) in [6.07, 6.45) is 0. The number of carboxylic acid groups (broad SMARTS) is 1. The molecule has 0 aliphatic rings. The molecule has 2 aromatic rings. The molecule has 1 aromatic carbocycles. The molecule has 1 heterocycles. The standard InChI is InChI=1S/C11H7ClO4S/c1-16-11(15)7-4-5-2-3-6(10(13)14)8(12)9(5)17-7/h2-4H,1H3,(H,13,14). The number of carbonyl (C=O) groups excluding carboxylic acids is 1. The van der Waals surface area contributed by atoms with Crippen molar-refractivity contribution in [2.24, 2.45) is 0 Å². The molecular formula is C11H7ClO4S. The summed E-state index contributed by atoms with van der Waals surface area (Å²) in [6.45, 7) is 0. The highest BCUT2D eigenvalue weighted by molar-refractivity contribution is 7.21. The number of esters is 1. The Morgan fingerprint density at radius 1 is 1.41 bits per heavy atom. The summed E-state index contributed by atoms with van der Waals surface area (Å²) in [5, 5.41) is 9.79. The quantitative estimate of drug-likeness (QED) is 0.852. The molecule has 4 nitrogen and oxygen atoms in total. The summed E-state index contributed by atoms with van der Waals surface area (Å²) < 4.78 is 5.17. The Balaban J connectivity index is 2.66. The third kappa shape index (κ3) is 1.99. The highest BCUT2D eigenvalue weighted by atomic mass is 35.5. The summed E-state index contributed by atoms with van der Waals surface area (Å²) in [5.41, 5.74) is 0.0254. The molecule has 88 valence electrons. The molecular weight excluding hydrogens is 264 g/mol. The van der Waals surface area contributed by atoms with Gasteiger partial charge in [-0.3, -0.25) is 0 Å². The summed E-state index contributed by atoms with van der Waals surface area (Å²) in [4.78, 5) is 22.6.